The van der Waals surface area contributed by atoms with Crippen molar-refractivity contribution in [3.8, 4) is 0 Å². The van der Waals surface area contributed by atoms with Gasteiger partial charge in [-0.2, -0.15) is 0 Å². The number of aliphatic hydroxyl groups excluding tert-OH is 2. The van der Waals surface area contributed by atoms with Crippen LogP contribution in [0.2, 0.25) is 0 Å². The molecule has 0 spiro atoms. The van der Waals surface area contributed by atoms with E-state index in [1.54, 1.807) is 0 Å². The van der Waals surface area contributed by atoms with Crippen LogP contribution in [-0.4, -0.2) is 54.6 Å². The molecule has 4 atom stereocenters. The molecule has 1 aromatic rings. The van der Waals surface area contributed by atoms with E-state index < -0.39 is 0 Å². The Morgan fingerprint density at radius 1 is 1.14 bits per heavy atom. The average Bonchev–Trinajstić information content (AvgIpc) is 2.63. The third-order valence-corrected chi connectivity index (χ3v) is 6.56. The lowest BCUT2D eigenvalue weighted by Gasteiger charge is -2.45. The third kappa shape index (κ3) is 7.67. The maximum Gasteiger partial charge on any atom is 0.0717 e. The van der Waals surface area contributed by atoms with Gasteiger partial charge in [-0.05, 0) is 48.1 Å². The summed E-state index contributed by atoms with van der Waals surface area (Å²) in [5.74, 6) is 0.622. The van der Waals surface area contributed by atoms with Gasteiger partial charge in [0.15, 0.2) is 0 Å². The van der Waals surface area contributed by atoms with Crippen molar-refractivity contribution < 1.29 is 14.9 Å². The van der Waals surface area contributed by atoms with Crippen LogP contribution in [0.5, 0.6) is 0 Å². The third-order valence-electron chi connectivity index (χ3n) is 6.56. The van der Waals surface area contributed by atoms with Crippen LogP contribution < -0.4 is 0 Å². The molecule has 0 aromatic heterocycles. The molecule has 1 aliphatic rings. The van der Waals surface area contributed by atoms with Crippen LogP contribution in [0.15, 0.2) is 30.3 Å². The minimum Gasteiger partial charge on any atom is -0.396 e. The van der Waals surface area contributed by atoms with Crippen LogP contribution in [0.3, 0.4) is 0 Å². The van der Waals surface area contributed by atoms with Crippen molar-refractivity contribution in [3.63, 3.8) is 0 Å². The molecule has 0 bridgehead atoms. The standard InChI is InChI=1S/C25H43NO3/c1-24(2,3)22(16-27)15-26(6)14-20-12-25(4,5)13-21(23(20)28)18-29-17-19-10-8-7-9-11-19/h7-11,20-23,27-28H,12-18H2,1-6H3/t20-,21+,22-,23+/m1/s1. The summed E-state index contributed by atoms with van der Waals surface area (Å²) in [6, 6.07) is 10.2. The quantitative estimate of drug-likeness (QED) is 0.646. The molecule has 1 aliphatic carbocycles. The fourth-order valence-corrected chi connectivity index (χ4v) is 4.82. The van der Waals surface area contributed by atoms with Crippen LogP contribution in [0.1, 0.15) is 53.0 Å². The van der Waals surface area contributed by atoms with Gasteiger partial charge in [0.1, 0.15) is 0 Å². The minimum absolute atomic E-state index is 0.0707. The van der Waals surface area contributed by atoms with E-state index in [9.17, 15) is 10.2 Å². The van der Waals surface area contributed by atoms with Crippen LogP contribution in [0.25, 0.3) is 0 Å². The fourth-order valence-electron chi connectivity index (χ4n) is 4.82. The zero-order chi connectivity index (χ0) is 21.7. The van der Waals surface area contributed by atoms with Gasteiger partial charge in [-0.15, -0.1) is 0 Å². The largest absolute Gasteiger partial charge is 0.396 e. The summed E-state index contributed by atoms with van der Waals surface area (Å²) in [7, 11) is 2.11. The highest BCUT2D eigenvalue weighted by atomic mass is 16.5. The van der Waals surface area contributed by atoms with Crippen molar-refractivity contribution in [2.45, 2.75) is 60.2 Å². The second-order valence-corrected chi connectivity index (χ2v) is 11.1. The van der Waals surface area contributed by atoms with E-state index in [1.807, 2.05) is 18.2 Å². The first-order chi connectivity index (χ1) is 13.5. The molecular weight excluding hydrogens is 362 g/mol. The van der Waals surface area contributed by atoms with E-state index in [2.05, 4.69) is 58.7 Å². The zero-order valence-corrected chi connectivity index (χ0v) is 19.4. The van der Waals surface area contributed by atoms with Crippen molar-refractivity contribution in [2.24, 2.45) is 28.6 Å². The van der Waals surface area contributed by atoms with Gasteiger partial charge in [0.2, 0.25) is 0 Å². The smallest absolute Gasteiger partial charge is 0.0717 e. The van der Waals surface area contributed by atoms with Crippen molar-refractivity contribution >= 4 is 0 Å². The number of aliphatic hydroxyl groups is 2. The Labute approximate surface area is 178 Å². The minimum atomic E-state index is -0.344. The maximum atomic E-state index is 11.1. The first-order valence-corrected chi connectivity index (χ1v) is 11.1. The molecule has 1 saturated carbocycles. The Morgan fingerprint density at radius 3 is 2.34 bits per heavy atom. The molecule has 2 rings (SSSR count). The van der Waals surface area contributed by atoms with E-state index in [4.69, 9.17) is 4.74 Å². The Morgan fingerprint density at radius 2 is 1.76 bits per heavy atom. The van der Waals surface area contributed by atoms with Crippen molar-refractivity contribution in [1.82, 2.24) is 4.90 Å². The lowest BCUT2D eigenvalue weighted by Crippen LogP contribution is -2.47. The van der Waals surface area contributed by atoms with Crippen molar-refractivity contribution in [3.05, 3.63) is 35.9 Å². The van der Waals surface area contributed by atoms with Crippen molar-refractivity contribution in [2.75, 3.05) is 33.4 Å². The van der Waals surface area contributed by atoms with Gasteiger partial charge in [-0.1, -0.05) is 65.0 Å². The monoisotopic (exact) mass is 405 g/mol. The summed E-state index contributed by atoms with van der Waals surface area (Å²) in [6.07, 6.45) is 1.67. The number of hydrogen-bond acceptors (Lipinski definition) is 4. The fraction of sp³-hybridized carbons (Fsp3) is 0.760. The Kier molecular flexibility index (Phi) is 8.72. The second kappa shape index (κ2) is 10.4. The van der Waals surface area contributed by atoms with Gasteiger partial charge < -0.3 is 19.8 Å². The zero-order valence-electron chi connectivity index (χ0n) is 19.4. The van der Waals surface area contributed by atoms with Crippen LogP contribution in [0, 0.1) is 28.6 Å². The maximum absolute atomic E-state index is 11.1. The lowest BCUT2D eigenvalue weighted by molar-refractivity contribution is -0.0730. The Bertz CT molecular complexity index is 596. The van der Waals surface area contributed by atoms with E-state index in [-0.39, 0.29) is 41.3 Å². The molecule has 0 saturated heterocycles. The number of rotatable bonds is 9. The molecule has 166 valence electrons. The molecule has 1 fully saturated rings. The highest BCUT2D eigenvalue weighted by Crippen LogP contribution is 2.42. The molecule has 29 heavy (non-hydrogen) atoms. The SMILES string of the molecule is CN(C[C@H]1CC(C)(C)C[C@@H](COCc2ccccc2)[C@H]1O)C[C@H](CO)C(C)(C)C. The first kappa shape index (κ1) is 24.3. The van der Waals surface area contributed by atoms with Gasteiger partial charge >= 0.3 is 0 Å². The van der Waals surface area contributed by atoms with E-state index in [0.29, 0.717) is 13.2 Å². The normalized spacial score (nSPS) is 25.9. The average molecular weight is 406 g/mol. The summed E-state index contributed by atoms with van der Waals surface area (Å²) >= 11 is 0. The molecule has 1 aromatic carbocycles. The second-order valence-electron chi connectivity index (χ2n) is 11.1. The van der Waals surface area contributed by atoms with Gasteiger partial charge in [-0.25, -0.2) is 0 Å². The topological polar surface area (TPSA) is 52.9 Å². The summed E-state index contributed by atoms with van der Waals surface area (Å²) in [5.41, 5.74) is 1.44. The lowest BCUT2D eigenvalue weighted by atomic mass is 9.66. The highest BCUT2D eigenvalue weighted by Gasteiger charge is 2.41. The predicted octanol–water partition coefficient (Wildman–Crippen LogP) is 4.20. The molecule has 4 heteroatoms. The Hall–Kier alpha value is -0.940. The predicted molar refractivity (Wildman–Crippen MR) is 120 cm³/mol. The molecule has 2 N–H and O–H groups in total. The Balaban J connectivity index is 1.93. The van der Waals surface area contributed by atoms with Gasteiger partial charge in [0.25, 0.3) is 0 Å². The summed E-state index contributed by atoms with van der Waals surface area (Å²) < 4.78 is 6.00. The number of benzene rings is 1. The first-order valence-electron chi connectivity index (χ1n) is 11.1. The molecule has 0 amide bonds. The molecule has 0 aliphatic heterocycles. The van der Waals surface area contributed by atoms with Gasteiger partial charge in [0.05, 0.1) is 19.3 Å². The molecule has 0 heterocycles. The number of nitrogens with zero attached hydrogens (tertiary/aromatic N) is 1. The number of hydrogen-bond donors (Lipinski definition) is 2. The van der Waals surface area contributed by atoms with Gasteiger partial charge in [0, 0.05) is 25.6 Å². The van der Waals surface area contributed by atoms with Crippen LogP contribution >= 0.6 is 0 Å². The molecule has 0 radical (unpaired) electrons. The van der Waals surface area contributed by atoms with E-state index in [0.717, 1.165) is 25.9 Å². The summed E-state index contributed by atoms with van der Waals surface area (Å²) in [5, 5.41) is 20.9. The highest BCUT2D eigenvalue weighted by molar-refractivity contribution is 5.13. The summed E-state index contributed by atoms with van der Waals surface area (Å²) in [4.78, 5) is 2.29. The molecule has 0 unspecified atom stereocenters. The van der Waals surface area contributed by atoms with Crippen LogP contribution in [0.4, 0.5) is 0 Å². The van der Waals surface area contributed by atoms with Crippen LogP contribution in [-0.2, 0) is 11.3 Å². The van der Waals surface area contributed by atoms with Crippen molar-refractivity contribution in [1.29, 1.82) is 0 Å². The van der Waals surface area contributed by atoms with Gasteiger partial charge in [-0.3, -0.25) is 0 Å². The number of ether oxygens (including phenoxy) is 1. The molecular formula is C25H43NO3. The summed E-state index contributed by atoms with van der Waals surface area (Å²) in [6.45, 7) is 14.2. The molecule has 4 nitrogen and oxygen atoms in total. The van der Waals surface area contributed by atoms with E-state index >= 15 is 0 Å². The van der Waals surface area contributed by atoms with E-state index in [1.165, 1.54) is 5.56 Å².